The maximum absolute atomic E-state index is 6.44. The van der Waals surface area contributed by atoms with E-state index in [0.29, 0.717) is 0 Å². The smallest absolute Gasteiger partial charge is 0.143 e. The van der Waals surface area contributed by atoms with Gasteiger partial charge in [0.2, 0.25) is 0 Å². The summed E-state index contributed by atoms with van der Waals surface area (Å²) >= 11 is 0. The molecule has 0 N–H and O–H groups in total. The molecule has 2 heterocycles. The number of rotatable bonds is 7. The fourth-order valence-electron chi connectivity index (χ4n) is 10.5. The quantitative estimate of drug-likeness (QED) is 0.160. The first-order valence-corrected chi connectivity index (χ1v) is 22.7. The Morgan fingerprint density at radius 1 is 0.303 bits per heavy atom. The highest BCUT2D eigenvalue weighted by molar-refractivity contribution is 6.10. The highest BCUT2D eigenvalue weighted by Crippen LogP contribution is 2.50. The van der Waals surface area contributed by atoms with Crippen molar-refractivity contribution in [1.29, 1.82) is 0 Å². The molecular formula is C63H43NO2. The predicted molar refractivity (Wildman–Crippen MR) is 275 cm³/mol. The molecule has 0 bridgehead atoms. The molecule has 1 aliphatic carbocycles. The van der Waals surface area contributed by atoms with Crippen LogP contribution in [0.4, 0.5) is 17.1 Å². The fraction of sp³-hybridized carbons (Fsp3) is 0.0476. The maximum Gasteiger partial charge on any atom is 0.143 e. The van der Waals surface area contributed by atoms with Crippen molar-refractivity contribution >= 4 is 60.9 Å². The summed E-state index contributed by atoms with van der Waals surface area (Å²) < 4.78 is 12.9. The van der Waals surface area contributed by atoms with Crippen LogP contribution in [0, 0.1) is 0 Å². The molecule has 13 rings (SSSR count). The van der Waals surface area contributed by atoms with E-state index in [2.05, 4.69) is 219 Å². The normalized spacial score (nSPS) is 12.8. The topological polar surface area (TPSA) is 29.5 Å². The van der Waals surface area contributed by atoms with Crippen LogP contribution in [0.3, 0.4) is 0 Å². The highest BCUT2D eigenvalue weighted by Gasteiger charge is 2.35. The minimum Gasteiger partial charge on any atom is -0.455 e. The van der Waals surface area contributed by atoms with E-state index in [1.165, 1.54) is 44.5 Å². The molecule has 0 atom stereocenters. The lowest BCUT2D eigenvalue weighted by Crippen LogP contribution is -2.14. The van der Waals surface area contributed by atoms with Gasteiger partial charge in [0.25, 0.3) is 0 Å². The van der Waals surface area contributed by atoms with Crippen LogP contribution in [0.2, 0.25) is 0 Å². The van der Waals surface area contributed by atoms with Gasteiger partial charge in [0, 0.05) is 55.1 Å². The number of para-hydroxylation sites is 4. The summed E-state index contributed by atoms with van der Waals surface area (Å²) in [5.41, 5.74) is 21.4. The van der Waals surface area contributed by atoms with Gasteiger partial charge < -0.3 is 13.7 Å². The van der Waals surface area contributed by atoms with E-state index in [0.717, 1.165) is 83.2 Å². The van der Waals surface area contributed by atoms with E-state index in [4.69, 9.17) is 8.83 Å². The predicted octanol–water partition coefficient (Wildman–Crippen LogP) is 17.9. The van der Waals surface area contributed by atoms with Crippen LogP contribution < -0.4 is 4.90 Å². The SMILES string of the molecule is CC1(C)c2ccccc2-c2cc(-c3ccc(-c4ccc(N(c5ccc(-c6cccc7c6oc6ccccc67)cc5)c5ccc(-c6cccc7c6oc6ccccc67)cc5)cc4)cc3)ccc21. The van der Waals surface area contributed by atoms with E-state index >= 15 is 0 Å². The van der Waals surface area contributed by atoms with Gasteiger partial charge in [-0.2, -0.15) is 0 Å². The second-order valence-corrected chi connectivity index (χ2v) is 18.0. The summed E-state index contributed by atoms with van der Waals surface area (Å²) in [6.45, 7) is 4.66. The van der Waals surface area contributed by atoms with E-state index < -0.39 is 0 Å². The lowest BCUT2D eigenvalue weighted by atomic mass is 9.82. The van der Waals surface area contributed by atoms with Gasteiger partial charge in [-0.15, -0.1) is 0 Å². The molecule has 0 saturated heterocycles. The Kier molecular flexibility index (Phi) is 8.56. The summed E-state index contributed by atoms with van der Waals surface area (Å²) in [5, 5.41) is 4.51. The van der Waals surface area contributed by atoms with Crippen molar-refractivity contribution in [3.63, 3.8) is 0 Å². The Morgan fingerprint density at radius 2 is 0.682 bits per heavy atom. The van der Waals surface area contributed by atoms with Crippen molar-refractivity contribution in [2.45, 2.75) is 19.3 Å². The Labute approximate surface area is 383 Å². The van der Waals surface area contributed by atoms with Gasteiger partial charge in [-0.1, -0.05) is 184 Å². The zero-order chi connectivity index (χ0) is 43.9. The van der Waals surface area contributed by atoms with Gasteiger partial charge in [-0.05, 0) is 110 Å². The van der Waals surface area contributed by atoms with Crippen molar-refractivity contribution in [1.82, 2.24) is 0 Å². The zero-order valence-electron chi connectivity index (χ0n) is 36.6. The summed E-state index contributed by atoms with van der Waals surface area (Å²) in [7, 11) is 0. The molecule has 0 amide bonds. The summed E-state index contributed by atoms with van der Waals surface area (Å²) in [4.78, 5) is 2.33. The van der Waals surface area contributed by atoms with Crippen molar-refractivity contribution < 1.29 is 8.83 Å². The molecule has 0 unspecified atom stereocenters. The molecule has 3 nitrogen and oxygen atoms in total. The molecule has 0 spiro atoms. The van der Waals surface area contributed by atoms with Crippen molar-refractivity contribution in [2.24, 2.45) is 0 Å². The number of benzene rings is 10. The van der Waals surface area contributed by atoms with Gasteiger partial charge in [-0.3, -0.25) is 0 Å². The van der Waals surface area contributed by atoms with Gasteiger partial charge >= 0.3 is 0 Å². The molecule has 0 radical (unpaired) electrons. The van der Waals surface area contributed by atoms with E-state index in [1.54, 1.807) is 0 Å². The molecule has 1 aliphatic rings. The van der Waals surface area contributed by atoms with Gasteiger partial charge in [0.1, 0.15) is 22.3 Å². The Morgan fingerprint density at radius 3 is 1.21 bits per heavy atom. The standard InChI is InChI=1S/C63H43NO2/c1-63(2)57-18-6-3-11-51(57)56-39-45(31-38-58(56)63)42-23-21-40(22-24-42)41-25-32-46(33-26-41)64(47-34-27-43(28-35-47)49-14-9-16-54-52-12-4-7-19-59(52)65-61(49)54)48-36-29-44(30-37-48)50-15-10-17-55-53-13-5-8-20-60(53)66-62(50)55/h3-39H,1-2H3. The Hall–Kier alpha value is -8.40. The third kappa shape index (κ3) is 6.04. The van der Waals surface area contributed by atoms with Gasteiger partial charge in [0.15, 0.2) is 0 Å². The zero-order valence-corrected chi connectivity index (χ0v) is 36.6. The van der Waals surface area contributed by atoms with Crippen LogP contribution in [0.15, 0.2) is 233 Å². The first-order valence-electron chi connectivity index (χ1n) is 22.7. The van der Waals surface area contributed by atoms with Crippen molar-refractivity contribution in [3.8, 4) is 55.6 Å². The number of furan rings is 2. The average molecular weight is 846 g/mol. The monoisotopic (exact) mass is 845 g/mol. The number of nitrogens with zero attached hydrogens (tertiary/aromatic N) is 1. The lowest BCUT2D eigenvalue weighted by Gasteiger charge is -2.26. The minimum atomic E-state index is -0.000233. The summed E-state index contributed by atoms with van der Waals surface area (Å²) in [6, 6.07) is 80.8. The Bertz CT molecular complexity index is 3660. The summed E-state index contributed by atoms with van der Waals surface area (Å²) in [5.74, 6) is 0. The lowest BCUT2D eigenvalue weighted by molar-refractivity contribution is 0.660. The molecule has 10 aromatic carbocycles. The van der Waals surface area contributed by atoms with Gasteiger partial charge in [-0.25, -0.2) is 0 Å². The highest BCUT2D eigenvalue weighted by atomic mass is 16.3. The molecule has 0 fully saturated rings. The third-order valence-corrected chi connectivity index (χ3v) is 13.9. The molecule has 0 saturated carbocycles. The van der Waals surface area contributed by atoms with Crippen LogP contribution in [-0.2, 0) is 5.41 Å². The molecule has 2 aromatic heterocycles. The van der Waals surface area contributed by atoms with Crippen LogP contribution in [0.25, 0.3) is 99.5 Å². The average Bonchev–Trinajstić information content (AvgIpc) is 4.02. The molecule has 312 valence electrons. The van der Waals surface area contributed by atoms with Crippen LogP contribution >= 0.6 is 0 Å². The Balaban J connectivity index is 0.847. The molecular weight excluding hydrogens is 803 g/mol. The maximum atomic E-state index is 6.44. The van der Waals surface area contributed by atoms with E-state index in [-0.39, 0.29) is 5.41 Å². The number of hydrogen-bond donors (Lipinski definition) is 0. The third-order valence-electron chi connectivity index (χ3n) is 13.9. The number of fused-ring (bicyclic) bond motifs is 9. The number of anilines is 3. The summed E-state index contributed by atoms with van der Waals surface area (Å²) in [6.07, 6.45) is 0. The first-order chi connectivity index (χ1) is 32.5. The van der Waals surface area contributed by atoms with Crippen LogP contribution in [-0.4, -0.2) is 0 Å². The molecule has 3 heteroatoms. The first kappa shape index (κ1) is 38.1. The van der Waals surface area contributed by atoms with Crippen LogP contribution in [0.1, 0.15) is 25.0 Å². The van der Waals surface area contributed by atoms with E-state index in [9.17, 15) is 0 Å². The second kappa shape index (κ2) is 14.8. The molecule has 12 aromatic rings. The molecule has 66 heavy (non-hydrogen) atoms. The molecule has 0 aliphatic heterocycles. The minimum absolute atomic E-state index is 0.000233. The number of hydrogen-bond acceptors (Lipinski definition) is 3. The fourth-order valence-corrected chi connectivity index (χ4v) is 10.5. The largest absolute Gasteiger partial charge is 0.455 e. The van der Waals surface area contributed by atoms with Crippen LogP contribution in [0.5, 0.6) is 0 Å². The van der Waals surface area contributed by atoms with Crippen molar-refractivity contribution in [3.05, 3.63) is 236 Å². The van der Waals surface area contributed by atoms with Gasteiger partial charge in [0.05, 0.1) is 0 Å². The van der Waals surface area contributed by atoms with E-state index in [1.807, 2.05) is 24.3 Å². The second-order valence-electron chi connectivity index (χ2n) is 18.0. The van der Waals surface area contributed by atoms with Crippen molar-refractivity contribution in [2.75, 3.05) is 4.90 Å².